The van der Waals surface area contributed by atoms with E-state index in [4.69, 9.17) is 45.5 Å². The van der Waals surface area contributed by atoms with Gasteiger partial charge in [0.2, 0.25) is 0 Å². The first-order chi connectivity index (χ1) is 30.9. The van der Waals surface area contributed by atoms with Gasteiger partial charge in [-0.3, -0.25) is 24.7 Å². The number of carbonyl (C=O) groups excluding carboxylic acids is 1. The maximum Gasteiger partial charge on any atom is 0.335 e. The average molecular weight is 962 g/mol. The van der Waals surface area contributed by atoms with Gasteiger partial charge in [-0.2, -0.15) is 0 Å². The predicted molar refractivity (Wildman–Crippen MR) is 273 cm³/mol. The van der Waals surface area contributed by atoms with Crippen LogP contribution in [-0.4, -0.2) is 46.9 Å². The fourth-order valence-corrected chi connectivity index (χ4v) is 7.81. The van der Waals surface area contributed by atoms with Crippen LogP contribution in [0.4, 0.5) is 11.6 Å². The first-order valence-electron chi connectivity index (χ1n) is 20.6. The summed E-state index contributed by atoms with van der Waals surface area (Å²) < 4.78 is 0. The lowest BCUT2D eigenvalue weighted by Crippen LogP contribution is -2.24. The van der Waals surface area contributed by atoms with Gasteiger partial charge in [0.05, 0.1) is 26.6 Å². The second-order valence-electron chi connectivity index (χ2n) is 15.7. The molecular formula is C51H55Cl3N10O3. The van der Waals surface area contributed by atoms with Crippen molar-refractivity contribution in [3.05, 3.63) is 186 Å². The monoisotopic (exact) mass is 960 g/mol. The number of aromatic carboxylic acids is 1. The van der Waals surface area contributed by atoms with Crippen molar-refractivity contribution < 1.29 is 14.7 Å². The van der Waals surface area contributed by atoms with Crippen LogP contribution < -0.4 is 22.5 Å². The molecule has 16 heteroatoms. The van der Waals surface area contributed by atoms with E-state index in [1.807, 2.05) is 95.3 Å². The van der Waals surface area contributed by atoms with Crippen LogP contribution in [0.5, 0.6) is 0 Å². The van der Waals surface area contributed by atoms with Crippen molar-refractivity contribution in [1.82, 2.24) is 35.2 Å². The van der Waals surface area contributed by atoms with E-state index in [2.05, 4.69) is 41.3 Å². The lowest BCUT2D eigenvalue weighted by Gasteiger charge is -2.12. The van der Waals surface area contributed by atoms with Crippen molar-refractivity contribution in [3.8, 4) is 0 Å². The van der Waals surface area contributed by atoms with E-state index in [0.717, 1.165) is 83.7 Å². The lowest BCUT2D eigenvalue weighted by molar-refractivity contribution is 0.0696. The quantitative estimate of drug-likeness (QED) is 0.0912. The molecule has 0 aliphatic carbocycles. The highest BCUT2D eigenvalue weighted by molar-refractivity contribution is 6.31. The average Bonchev–Trinajstić information content (AvgIpc) is 3.23. The van der Waals surface area contributed by atoms with Gasteiger partial charge >= 0.3 is 5.97 Å². The minimum absolute atomic E-state index is 0. The molecule has 0 aliphatic rings. The second kappa shape index (κ2) is 23.6. The van der Waals surface area contributed by atoms with Crippen molar-refractivity contribution in [2.45, 2.75) is 74.9 Å². The molecule has 0 spiro atoms. The number of carbonyl (C=O) groups is 2. The molecule has 8 N–H and O–H groups in total. The number of carboxylic acids is 1. The number of nitrogen functional groups attached to an aromatic ring is 2. The first kappa shape index (κ1) is 52.9. The molecule has 0 fully saturated rings. The number of anilines is 2. The Morgan fingerprint density at radius 2 is 1.06 bits per heavy atom. The van der Waals surface area contributed by atoms with E-state index < -0.39 is 5.97 Å². The number of benzene rings is 2. The Kier molecular flexibility index (Phi) is 18.6. The summed E-state index contributed by atoms with van der Waals surface area (Å²) in [6, 6.07) is 26.1. The van der Waals surface area contributed by atoms with Crippen molar-refractivity contribution in [3.63, 3.8) is 0 Å². The molecule has 0 bridgehead atoms. The summed E-state index contributed by atoms with van der Waals surface area (Å²) in [6.45, 7) is 12.4. The van der Waals surface area contributed by atoms with Crippen molar-refractivity contribution >= 4 is 80.9 Å². The Bertz CT molecular complexity index is 3030. The molecule has 8 aromatic rings. The summed E-state index contributed by atoms with van der Waals surface area (Å²) in [7, 11) is 0. The number of hydrogen-bond acceptors (Lipinski definition) is 11. The molecule has 6 heterocycles. The van der Waals surface area contributed by atoms with Crippen LogP contribution in [0.2, 0.25) is 10.0 Å². The number of pyridine rings is 6. The Balaban J connectivity index is 0.000000242. The molecular weight excluding hydrogens is 907 g/mol. The molecule has 1 amide bonds. The van der Waals surface area contributed by atoms with Gasteiger partial charge in [0, 0.05) is 88.8 Å². The third-order valence-electron chi connectivity index (χ3n) is 10.5. The summed E-state index contributed by atoms with van der Waals surface area (Å²) in [5, 5.41) is 15.2. The number of aryl methyl sites for hydroxylation is 6. The molecule has 0 radical (unpaired) electrons. The summed E-state index contributed by atoms with van der Waals surface area (Å²) in [5.74, 6) is -0.0449. The molecule has 13 nitrogen and oxygen atoms in total. The highest BCUT2D eigenvalue weighted by Crippen LogP contribution is 2.23. The summed E-state index contributed by atoms with van der Waals surface area (Å²) in [4.78, 5) is 50.0. The molecule has 0 unspecified atom stereocenters. The van der Waals surface area contributed by atoms with Crippen molar-refractivity contribution in [2.24, 2.45) is 5.73 Å². The highest BCUT2D eigenvalue weighted by Gasteiger charge is 2.13. The predicted octanol–water partition coefficient (Wildman–Crippen LogP) is 10.4. The van der Waals surface area contributed by atoms with Crippen LogP contribution in [0, 0.1) is 41.5 Å². The smallest absolute Gasteiger partial charge is 0.335 e. The van der Waals surface area contributed by atoms with E-state index in [-0.39, 0.29) is 31.3 Å². The molecule has 0 saturated carbocycles. The summed E-state index contributed by atoms with van der Waals surface area (Å²) in [6.07, 6.45) is 4.42. The Hall–Kier alpha value is -6.77. The normalized spacial score (nSPS) is 10.5. The fraction of sp³-hybridized carbons (Fsp3) is 0.216. The number of amides is 1. The van der Waals surface area contributed by atoms with Gasteiger partial charge in [-0.25, -0.2) is 14.8 Å². The molecule has 8 rings (SSSR count). The number of halogens is 3. The van der Waals surface area contributed by atoms with Crippen LogP contribution in [0.1, 0.15) is 95.7 Å². The van der Waals surface area contributed by atoms with Gasteiger partial charge in [-0.15, -0.1) is 12.4 Å². The van der Waals surface area contributed by atoms with Crippen molar-refractivity contribution in [2.75, 3.05) is 11.5 Å². The van der Waals surface area contributed by atoms with Crippen LogP contribution >= 0.6 is 35.6 Å². The molecule has 67 heavy (non-hydrogen) atoms. The topological polar surface area (TPSA) is 222 Å². The number of nitrogens with zero attached hydrogens (tertiary/aromatic N) is 6. The minimum atomic E-state index is -0.943. The SMILES string of the molecule is C.Cc1cc(C(=O)NCc2c(C)cc(N)nc2C)cc(Cc2ccc3ncc(Cl)cc3c2)n1.Cc1cc(C(=O)O)cc(Cc2ccc3ncc(Cl)cc3c2)n1.Cc1cc(N)nc(C)c1CN.Cl. The molecule has 6 aromatic heterocycles. The first-order valence-corrected chi connectivity index (χ1v) is 21.4. The van der Waals surface area contributed by atoms with Gasteiger partial charge in [0.1, 0.15) is 11.6 Å². The third-order valence-corrected chi connectivity index (χ3v) is 10.9. The zero-order valence-corrected chi connectivity index (χ0v) is 39.7. The summed E-state index contributed by atoms with van der Waals surface area (Å²) in [5.41, 5.74) is 30.5. The van der Waals surface area contributed by atoms with Gasteiger partial charge < -0.3 is 27.6 Å². The fourth-order valence-electron chi connectivity index (χ4n) is 7.48. The third kappa shape index (κ3) is 14.4. The second-order valence-corrected chi connectivity index (χ2v) is 16.6. The standard InChI is InChI=1S/C25H24ClN5O.C17H13ClN2O2.C8H13N3.CH4.ClH/c1-14-6-24(27)31-16(3)22(14)13-29-25(32)19-7-15(2)30-21(11-19)9-17-4-5-23-18(8-17)10-20(26)12-28-23;1-10-4-13(17(21)22)8-15(20-10)6-11-2-3-16-12(5-11)7-14(18)9-19-16;1-5-3-8(10)11-6(2)7(5)4-9;;/h4-8,10-12H,9,13H2,1-3H3,(H2,27,31)(H,29,32);2-5,7-9H,6H2,1H3,(H,21,22);3H,4,9H2,1-2H3,(H2,10,11);1H4;1H. The number of rotatable bonds is 9. The number of nitrogens with one attached hydrogen (secondary N) is 1. The van der Waals surface area contributed by atoms with Gasteiger partial charge in [-0.1, -0.05) is 42.8 Å². The van der Waals surface area contributed by atoms with E-state index in [1.54, 1.807) is 37.5 Å². The van der Waals surface area contributed by atoms with E-state index >= 15 is 0 Å². The number of carboxylic acid groups (broad SMARTS) is 1. The van der Waals surface area contributed by atoms with Crippen molar-refractivity contribution in [1.29, 1.82) is 0 Å². The number of aromatic nitrogens is 6. The van der Waals surface area contributed by atoms with Gasteiger partial charge in [0.25, 0.3) is 5.91 Å². The van der Waals surface area contributed by atoms with Gasteiger partial charge in [0.15, 0.2) is 0 Å². The minimum Gasteiger partial charge on any atom is -0.478 e. The zero-order valence-electron chi connectivity index (χ0n) is 37.4. The molecule has 0 saturated heterocycles. The number of nitrogens with two attached hydrogens (primary N) is 3. The van der Waals surface area contributed by atoms with Crippen LogP contribution in [-0.2, 0) is 25.9 Å². The largest absolute Gasteiger partial charge is 0.478 e. The van der Waals surface area contributed by atoms with Crippen LogP contribution in [0.3, 0.4) is 0 Å². The van der Waals surface area contributed by atoms with E-state index in [0.29, 0.717) is 58.9 Å². The Labute approximate surface area is 407 Å². The maximum absolute atomic E-state index is 12.9. The Morgan fingerprint density at radius 3 is 1.51 bits per heavy atom. The van der Waals surface area contributed by atoms with E-state index in [9.17, 15) is 9.59 Å². The molecule has 0 aliphatic heterocycles. The molecule has 348 valence electrons. The van der Waals surface area contributed by atoms with Crippen LogP contribution in [0.15, 0.2) is 97.3 Å². The molecule has 0 atom stereocenters. The maximum atomic E-state index is 12.9. The summed E-state index contributed by atoms with van der Waals surface area (Å²) >= 11 is 12.0. The lowest BCUT2D eigenvalue weighted by atomic mass is 10.0. The van der Waals surface area contributed by atoms with E-state index in [1.165, 1.54) is 0 Å². The van der Waals surface area contributed by atoms with Crippen LogP contribution in [0.25, 0.3) is 21.8 Å². The number of fused-ring (bicyclic) bond motifs is 2. The number of hydrogen-bond donors (Lipinski definition) is 5. The zero-order chi connectivity index (χ0) is 46.9. The highest BCUT2D eigenvalue weighted by atomic mass is 35.5. The Morgan fingerprint density at radius 1 is 0.612 bits per heavy atom. The molecule has 2 aromatic carbocycles. The van der Waals surface area contributed by atoms with Gasteiger partial charge in [-0.05, 0) is 148 Å².